The van der Waals surface area contributed by atoms with E-state index in [1.807, 2.05) is 0 Å². The minimum absolute atomic E-state index is 0.0862. The molecule has 0 rings (SSSR count). The van der Waals surface area contributed by atoms with Crippen molar-refractivity contribution in [2.75, 3.05) is 13.2 Å². The number of carbonyl (C=O) groups excluding carboxylic acids is 3. The summed E-state index contributed by atoms with van der Waals surface area (Å²) in [5.41, 5.74) is 0. The van der Waals surface area contributed by atoms with Crippen LogP contribution in [-0.2, 0) is 28.6 Å². The van der Waals surface area contributed by atoms with Crippen molar-refractivity contribution >= 4 is 17.9 Å². The zero-order chi connectivity index (χ0) is 57.1. The van der Waals surface area contributed by atoms with Crippen molar-refractivity contribution < 1.29 is 28.6 Å². The van der Waals surface area contributed by atoms with E-state index in [2.05, 4.69) is 118 Å². The molecular weight excluding hydrogens is 973 g/mol. The van der Waals surface area contributed by atoms with Crippen LogP contribution in [0.5, 0.6) is 0 Å². The van der Waals surface area contributed by atoms with Crippen LogP contribution in [0.4, 0.5) is 0 Å². The Labute approximate surface area is 489 Å². The SMILES string of the molecule is CC/C=C\C/C=C\C/C=C\C/C=C\C/C=C\C/C=C\CCCCCCCCC(=O)OCC(COC(=O)CCCCCCC/C=C\CCCCCCCC)OC(=O)CCCCCCCCCCC/C=C\CCCCCCCCCC. The molecular formula is C73H126O6. The highest BCUT2D eigenvalue weighted by Gasteiger charge is 2.19. The maximum absolute atomic E-state index is 12.9. The standard InChI is InChI=1S/C73H126O6/c1-4-7-10-13-16-19-22-25-28-30-32-34-35-36-37-39-40-42-45-48-51-54-57-60-63-66-72(75)78-69-70(68-77-71(74)65-62-59-56-53-50-47-44-27-24-21-18-15-12-9-6-3)79-73(76)67-64-61-58-55-52-49-46-43-41-38-33-31-29-26-23-20-17-14-11-8-5-2/h7,10,16,19,25,27-28,31-34,36-37,40,42,44,70H,4-6,8-9,11-15,17-18,20-24,26,29-30,35,38-39,41,43,45-69H2,1-3H3/b10-7-,19-16-,28-25-,33-31-,34-32-,37-36-,42-40-,44-27-. The molecule has 79 heavy (non-hydrogen) atoms. The van der Waals surface area contributed by atoms with Crippen molar-refractivity contribution in [2.45, 2.75) is 335 Å². The molecule has 0 aromatic heterocycles. The van der Waals surface area contributed by atoms with Gasteiger partial charge in [-0.1, -0.05) is 285 Å². The summed E-state index contributed by atoms with van der Waals surface area (Å²) >= 11 is 0. The Hall–Kier alpha value is -3.67. The molecule has 6 heteroatoms. The van der Waals surface area contributed by atoms with Crippen LogP contribution in [0.25, 0.3) is 0 Å². The average molecular weight is 1100 g/mol. The second kappa shape index (κ2) is 66.8. The molecule has 0 N–H and O–H groups in total. The highest BCUT2D eigenvalue weighted by atomic mass is 16.6. The molecule has 0 aliphatic carbocycles. The molecule has 0 saturated carbocycles. The first-order valence-electron chi connectivity index (χ1n) is 33.7. The Kier molecular flexibility index (Phi) is 63.7. The number of allylic oxidation sites excluding steroid dienone is 16. The maximum atomic E-state index is 12.9. The lowest BCUT2D eigenvalue weighted by molar-refractivity contribution is -0.167. The van der Waals surface area contributed by atoms with E-state index in [9.17, 15) is 14.4 Å². The van der Waals surface area contributed by atoms with E-state index < -0.39 is 6.10 Å². The Morgan fingerprint density at radius 3 is 0.785 bits per heavy atom. The van der Waals surface area contributed by atoms with Gasteiger partial charge in [-0.15, -0.1) is 0 Å². The lowest BCUT2D eigenvalue weighted by Crippen LogP contribution is -2.30. The van der Waals surface area contributed by atoms with E-state index in [1.54, 1.807) is 0 Å². The van der Waals surface area contributed by atoms with Crippen LogP contribution in [0.1, 0.15) is 329 Å². The molecule has 0 fully saturated rings. The first-order valence-corrected chi connectivity index (χ1v) is 33.7. The molecule has 0 aromatic rings. The third kappa shape index (κ3) is 65.0. The van der Waals surface area contributed by atoms with E-state index >= 15 is 0 Å². The van der Waals surface area contributed by atoms with E-state index in [-0.39, 0.29) is 31.1 Å². The van der Waals surface area contributed by atoms with Gasteiger partial charge in [-0.05, 0) is 122 Å². The van der Waals surface area contributed by atoms with Gasteiger partial charge in [0.05, 0.1) is 0 Å². The molecule has 0 heterocycles. The van der Waals surface area contributed by atoms with Gasteiger partial charge >= 0.3 is 17.9 Å². The van der Waals surface area contributed by atoms with Gasteiger partial charge in [0.25, 0.3) is 0 Å². The van der Waals surface area contributed by atoms with Crippen LogP contribution in [0.2, 0.25) is 0 Å². The summed E-state index contributed by atoms with van der Waals surface area (Å²) in [4.78, 5) is 38.4. The molecule has 0 aliphatic rings. The van der Waals surface area contributed by atoms with Gasteiger partial charge in [-0.3, -0.25) is 14.4 Å². The smallest absolute Gasteiger partial charge is 0.306 e. The molecule has 0 saturated heterocycles. The molecule has 0 bridgehead atoms. The zero-order valence-electron chi connectivity index (χ0n) is 52.1. The van der Waals surface area contributed by atoms with Gasteiger partial charge in [0.2, 0.25) is 0 Å². The monoisotopic (exact) mass is 1100 g/mol. The van der Waals surface area contributed by atoms with Gasteiger partial charge in [0, 0.05) is 19.3 Å². The summed E-state index contributed by atoms with van der Waals surface area (Å²) in [5.74, 6) is -0.898. The van der Waals surface area contributed by atoms with E-state index in [0.29, 0.717) is 19.3 Å². The van der Waals surface area contributed by atoms with Gasteiger partial charge in [-0.25, -0.2) is 0 Å². The molecule has 0 aromatic carbocycles. The summed E-state index contributed by atoms with van der Waals surface area (Å²) in [6, 6.07) is 0. The number of ether oxygens (including phenoxy) is 3. The maximum Gasteiger partial charge on any atom is 0.306 e. The summed E-state index contributed by atoms with van der Waals surface area (Å²) in [7, 11) is 0. The Morgan fingerprint density at radius 1 is 0.266 bits per heavy atom. The third-order valence-corrected chi connectivity index (χ3v) is 14.5. The zero-order valence-corrected chi connectivity index (χ0v) is 52.1. The van der Waals surface area contributed by atoms with Crippen LogP contribution >= 0.6 is 0 Å². The fraction of sp³-hybridized carbons (Fsp3) is 0.740. The van der Waals surface area contributed by atoms with Crippen molar-refractivity contribution in [1.29, 1.82) is 0 Å². The van der Waals surface area contributed by atoms with Crippen LogP contribution in [0.3, 0.4) is 0 Å². The molecule has 0 amide bonds. The van der Waals surface area contributed by atoms with Crippen molar-refractivity contribution in [2.24, 2.45) is 0 Å². The first-order chi connectivity index (χ1) is 39.0. The van der Waals surface area contributed by atoms with Gasteiger partial charge < -0.3 is 14.2 Å². The number of unbranched alkanes of at least 4 members (excludes halogenated alkanes) is 34. The van der Waals surface area contributed by atoms with Crippen molar-refractivity contribution in [3.63, 3.8) is 0 Å². The van der Waals surface area contributed by atoms with Crippen molar-refractivity contribution in [3.8, 4) is 0 Å². The predicted octanol–water partition coefficient (Wildman–Crippen LogP) is 23.2. The van der Waals surface area contributed by atoms with Crippen LogP contribution in [-0.4, -0.2) is 37.2 Å². The normalized spacial score (nSPS) is 12.7. The molecule has 1 atom stereocenters. The molecule has 0 spiro atoms. The fourth-order valence-electron chi connectivity index (χ4n) is 9.50. The molecule has 0 aliphatic heterocycles. The fourth-order valence-corrected chi connectivity index (χ4v) is 9.50. The summed E-state index contributed by atoms with van der Waals surface area (Å²) in [5, 5.41) is 0. The minimum Gasteiger partial charge on any atom is -0.462 e. The molecule has 6 nitrogen and oxygen atoms in total. The Balaban J connectivity index is 4.39. The first kappa shape index (κ1) is 75.3. The molecule has 1 unspecified atom stereocenters. The van der Waals surface area contributed by atoms with Gasteiger partial charge in [0.15, 0.2) is 6.10 Å². The van der Waals surface area contributed by atoms with Crippen LogP contribution in [0, 0.1) is 0 Å². The van der Waals surface area contributed by atoms with E-state index in [4.69, 9.17) is 14.2 Å². The number of esters is 3. The molecule has 454 valence electrons. The quantitative estimate of drug-likeness (QED) is 0.0261. The number of hydrogen-bond donors (Lipinski definition) is 0. The third-order valence-electron chi connectivity index (χ3n) is 14.5. The second-order valence-corrected chi connectivity index (χ2v) is 22.3. The second-order valence-electron chi connectivity index (χ2n) is 22.3. The largest absolute Gasteiger partial charge is 0.462 e. The summed E-state index contributed by atoms with van der Waals surface area (Å²) < 4.78 is 17.0. The number of hydrogen-bond acceptors (Lipinski definition) is 6. The summed E-state index contributed by atoms with van der Waals surface area (Å²) in [6.07, 6.45) is 89.8. The topological polar surface area (TPSA) is 78.9 Å². The van der Waals surface area contributed by atoms with Gasteiger partial charge in [-0.2, -0.15) is 0 Å². The lowest BCUT2D eigenvalue weighted by Gasteiger charge is -2.18. The Bertz CT molecular complexity index is 1540. The van der Waals surface area contributed by atoms with Gasteiger partial charge in [0.1, 0.15) is 13.2 Å². The number of rotatable bonds is 61. The van der Waals surface area contributed by atoms with Crippen LogP contribution < -0.4 is 0 Å². The number of carbonyl (C=O) groups is 3. The van der Waals surface area contributed by atoms with E-state index in [1.165, 1.54) is 173 Å². The van der Waals surface area contributed by atoms with E-state index in [0.717, 1.165) is 116 Å². The lowest BCUT2D eigenvalue weighted by atomic mass is 10.1. The van der Waals surface area contributed by atoms with Crippen molar-refractivity contribution in [1.82, 2.24) is 0 Å². The minimum atomic E-state index is -0.791. The highest BCUT2D eigenvalue weighted by Crippen LogP contribution is 2.16. The molecule has 0 radical (unpaired) electrons. The highest BCUT2D eigenvalue weighted by molar-refractivity contribution is 5.71. The predicted molar refractivity (Wildman–Crippen MR) is 344 cm³/mol. The average Bonchev–Trinajstić information content (AvgIpc) is 3.45. The van der Waals surface area contributed by atoms with Crippen LogP contribution in [0.15, 0.2) is 97.2 Å². The Morgan fingerprint density at radius 2 is 0.494 bits per heavy atom. The van der Waals surface area contributed by atoms with Crippen molar-refractivity contribution in [3.05, 3.63) is 97.2 Å². The summed E-state index contributed by atoms with van der Waals surface area (Å²) in [6.45, 7) is 6.53.